The fourth-order valence-corrected chi connectivity index (χ4v) is 1.79. The van der Waals surface area contributed by atoms with E-state index in [-0.39, 0.29) is 17.9 Å². The normalized spacial score (nSPS) is 22.9. The Hall–Kier alpha value is -1.14. The third kappa shape index (κ3) is 4.70. The van der Waals surface area contributed by atoms with Gasteiger partial charge >= 0.3 is 5.97 Å². The highest BCUT2D eigenvalue weighted by Gasteiger charge is 2.35. The number of hydrogen-bond acceptors (Lipinski definition) is 4. The molecule has 98 valence electrons. The van der Waals surface area contributed by atoms with E-state index >= 15 is 0 Å². The number of amides is 1. The van der Waals surface area contributed by atoms with Gasteiger partial charge in [-0.3, -0.25) is 9.59 Å². The van der Waals surface area contributed by atoms with Crippen molar-refractivity contribution in [2.75, 3.05) is 26.8 Å². The van der Waals surface area contributed by atoms with Crippen LogP contribution in [0.3, 0.4) is 0 Å². The molecule has 3 N–H and O–H groups in total. The zero-order valence-electron chi connectivity index (χ0n) is 10.1. The molecule has 17 heavy (non-hydrogen) atoms. The molecule has 1 saturated carbocycles. The second-order valence-electron chi connectivity index (χ2n) is 4.18. The van der Waals surface area contributed by atoms with Gasteiger partial charge in [0.25, 0.3) is 0 Å². The average molecular weight is 244 g/mol. The molecular formula is C11H20N2O4. The van der Waals surface area contributed by atoms with Gasteiger partial charge in [-0.25, -0.2) is 0 Å². The topological polar surface area (TPSA) is 87.7 Å². The minimum Gasteiger partial charge on any atom is -0.481 e. The van der Waals surface area contributed by atoms with Gasteiger partial charge in [0.1, 0.15) is 0 Å². The molecular weight excluding hydrogens is 224 g/mol. The molecule has 2 unspecified atom stereocenters. The highest BCUT2D eigenvalue weighted by Crippen LogP contribution is 2.27. The van der Waals surface area contributed by atoms with E-state index in [9.17, 15) is 9.59 Å². The van der Waals surface area contributed by atoms with Crippen LogP contribution in [-0.2, 0) is 14.3 Å². The van der Waals surface area contributed by atoms with Crippen molar-refractivity contribution >= 4 is 11.9 Å². The first kappa shape index (κ1) is 13.9. The van der Waals surface area contributed by atoms with Crippen molar-refractivity contribution < 1.29 is 19.4 Å². The van der Waals surface area contributed by atoms with Crippen LogP contribution in [0.15, 0.2) is 0 Å². The van der Waals surface area contributed by atoms with Gasteiger partial charge in [0.2, 0.25) is 5.91 Å². The summed E-state index contributed by atoms with van der Waals surface area (Å²) in [5.74, 6) is -1.08. The van der Waals surface area contributed by atoms with Crippen LogP contribution in [0.2, 0.25) is 0 Å². The summed E-state index contributed by atoms with van der Waals surface area (Å²) in [7, 11) is 1.58. The number of methoxy groups -OCH3 is 1. The summed E-state index contributed by atoms with van der Waals surface area (Å²) in [6.45, 7) is 1.53. The summed E-state index contributed by atoms with van der Waals surface area (Å²) >= 11 is 0. The van der Waals surface area contributed by atoms with Crippen LogP contribution in [0.4, 0.5) is 0 Å². The fourth-order valence-electron chi connectivity index (χ4n) is 1.79. The number of rotatable bonds is 8. The van der Waals surface area contributed by atoms with Crippen molar-refractivity contribution in [1.29, 1.82) is 0 Å². The molecule has 1 fully saturated rings. The van der Waals surface area contributed by atoms with E-state index < -0.39 is 5.97 Å². The van der Waals surface area contributed by atoms with Gasteiger partial charge in [-0.15, -0.1) is 0 Å². The predicted octanol–water partition coefficient (Wildman–Crippen LogP) is -0.408. The van der Waals surface area contributed by atoms with Crippen LogP contribution >= 0.6 is 0 Å². The first-order chi connectivity index (χ1) is 8.15. The van der Waals surface area contributed by atoms with Crippen LogP contribution in [0, 0.1) is 5.92 Å². The lowest BCUT2D eigenvalue weighted by Crippen LogP contribution is -2.48. The fraction of sp³-hybridized carbons (Fsp3) is 0.818. The monoisotopic (exact) mass is 244 g/mol. The Morgan fingerprint density at radius 3 is 2.65 bits per heavy atom. The first-order valence-corrected chi connectivity index (χ1v) is 5.87. The number of carbonyl (C=O) groups excluding carboxylic acids is 1. The van der Waals surface area contributed by atoms with Crippen molar-refractivity contribution in [3.8, 4) is 0 Å². The molecule has 0 aliphatic heterocycles. The number of carbonyl (C=O) groups is 2. The molecule has 1 aliphatic carbocycles. The Morgan fingerprint density at radius 1 is 1.35 bits per heavy atom. The van der Waals surface area contributed by atoms with Crippen LogP contribution in [-0.4, -0.2) is 49.8 Å². The Balaban J connectivity index is 2.03. The minimum absolute atomic E-state index is 0.0271. The van der Waals surface area contributed by atoms with Crippen molar-refractivity contribution in [1.82, 2.24) is 10.6 Å². The number of ether oxygens (including phenoxy) is 1. The van der Waals surface area contributed by atoms with E-state index in [1.54, 1.807) is 7.11 Å². The van der Waals surface area contributed by atoms with E-state index in [2.05, 4.69) is 10.6 Å². The van der Waals surface area contributed by atoms with Gasteiger partial charge in [-0.05, 0) is 12.8 Å². The average Bonchev–Trinajstić information content (AvgIpc) is 2.22. The summed E-state index contributed by atoms with van der Waals surface area (Å²) in [6, 6.07) is 0.0271. The van der Waals surface area contributed by atoms with Crippen LogP contribution < -0.4 is 10.6 Å². The highest BCUT2D eigenvalue weighted by molar-refractivity contribution is 5.76. The minimum atomic E-state index is -0.752. The summed E-state index contributed by atoms with van der Waals surface area (Å²) in [5, 5.41) is 14.6. The second-order valence-corrected chi connectivity index (χ2v) is 4.18. The summed E-state index contributed by atoms with van der Waals surface area (Å²) in [6.07, 6.45) is 1.97. The summed E-state index contributed by atoms with van der Waals surface area (Å²) in [4.78, 5) is 22.0. The summed E-state index contributed by atoms with van der Waals surface area (Å²) < 4.78 is 4.81. The molecule has 6 nitrogen and oxygen atoms in total. The Kier molecular flexibility index (Phi) is 5.93. The maximum atomic E-state index is 11.3. The molecule has 0 aromatic carbocycles. The molecule has 0 saturated heterocycles. The Morgan fingerprint density at radius 2 is 2.12 bits per heavy atom. The quantitative estimate of drug-likeness (QED) is 0.505. The molecule has 0 radical (unpaired) electrons. The number of hydrogen-bond donors (Lipinski definition) is 3. The molecule has 0 spiro atoms. The van der Waals surface area contributed by atoms with Crippen molar-refractivity contribution in [2.45, 2.75) is 25.3 Å². The maximum absolute atomic E-state index is 11.3. The van der Waals surface area contributed by atoms with E-state index in [1.165, 1.54) is 0 Å². The molecule has 0 aromatic rings. The zero-order chi connectivity index (χ0) is 12.7. The Labute approximate surface area is 101 Å². The van der Waals surface area contributed by atoms with Crippen molar-refractivity contribution in [3.05, 3.63) is 0 Å². The van der Waals surface area contributed by atoms with Gasteiger partial charge < -0.3 is 20.5 Å². The van der Waals surface area contributed by atoms with Crippen LogP contribution in [0.25, 0.3) is 0 Å². The van der Waals surface area contributed by atoms with Crippen molar-refractivity contribution in [3.63, 3.8) is 0 Å². The van der Waals surface area contributed by atoms with Gasteiger partial charge in [0.05, 0.1) is 12.5 Å². The van der Waals surface area contributed by atoms with Gasteiger partial charge in [-0.1, -0.05) is 0 Å². The van der Waals surface area contributed by atoms with Gasteiger partial charge in [0, 0.05) is 32.7 Å². The molecule has 0 aromatic heterocycles. The standard InChI is InChI=1S/C11H20N2O4/c1-17-7-6-13-10(14)4-5-12-9-3-2-8(9)11(15)16/h8-9,12H,2-7H2,1H3,(H,13,14)(H,15,16). The number of nitrogens with one attached hydrogen (secondary N) is 2. The van der Waals surface area contributed by atoms with Crippen LogP contribution in [0.1, 0.15) is 19.3 Å². The molecule has 0 bridgehead atoms. The molecule has 0 heterocycles. The maximum Gasteiger partial charge on any atom is 0.308 e. The lowest BCUT2D eigenvalue weighted by molar-refractivity contribution is -0.146. The van der Waals surface area contributed by atoms with E-state index in [0.29, 0.717) is 26.1 Å². The summed E-state index contributed by atoms with van der Waals surface area (Å²) in [5.41, 5.74) is 0. The largest absolute Gasteiger partial charge is 0.481 e. The number of carboxylic acid groups (broad SMARTS) is 1. The number of aliphatic carboxylic acids is 1. The second kappa shape index (κ2) is 7.24. The van der Waals surface area contributed by atoms with E-state index in [0.717, 1.165) is 12.8 Å². The lowest BCUT2D eigenvalue weighted by Gasteiger charge is -2.34. The van der Waals surface area contributed by atoms with E-state index in [4.69, 9.17) is 9.84 Å². The SMILES string of the molecule is COCCNC(=O)CCNC1CCC1C(=O)O. The third-order valence-electron chi connectivity index (χ3n) is 2.98. The number of carboxylic acids is 1. The van der Waals surface area contributed by atoms with Gasteiger partial charge in [0.15, 0.2) is 0 Å². The van der Waals surface area contributed by atoms with E-state index in [1.807, 2.05) is 0 Å². The molecule has 1 rings (SSSR count). The molecule has 1 aliphatic rings. The lowest BCUT2D eigenvalue weighted by atomic mass is 9.79. The van der Waals surface area contributed by atoms with Crippen LogP contribution in [0.5, 0.6) is 0 Å². The first-order valence-electron chi connectivity index (χ1n) is 5.87. The third-order valence-corrected chi connectivity index (χ3v) is 2.98. The van der Waals surface area contributed by atoms with Gasteiger partial charge in [-0.2, -0.15) is 0 Å². The van der Waals surface area contributed by atoms with Crippen molar-refractivity contribution in [2.24, 2.45) is 5.92 Å². The highest BCUT2D eigenvalue weighted by atomic mass is 16.5. The molecule has 2 atom stereocenters. The smallest absolute Gasteiger partial charge is 0.308 e. The predicted molar refractivity (Wildman–Crippen MR) is 61.7 cm³/mol. The zero-order valence-corrected chi connectivity index (χ0v) is 10.1. The molecule has 6 heteroatoms. The Bertz CT molecular complexity index is 270. The molecule has 1 amide bonds.